The molecule has 1 unspecified atom stereocenters. The molecule has 2 heterocycles. The Morgan fingerprint density at radius 3 is 2.68 bits per heavy atom. The summed E-state index contributed by atoms with van der Waals surface area (Å²) in [5, 5.41) is 10.1. The average molecular weight is 273 g/mol. The fraction of sp³-hybridized carbons (Fsp3) is 0.0769. The van der Waals surface area contributed by atoms with Crippen molar-refractivity contribution in [1.29, 1.82) is 0 Å². The molecule has 1 atom stereocenters. The van der Waals surface area contributed by atoms with Crippen molar-refractivity contribution in [2.45, 2.75) is 10.9 Å². The Morgan fingerprint density at radius 2 is 1.95 bits per heavy atom. The Morgan fingerprint density at radius 1 is 1.16 bits per heavy atom. The number of pyridine rings is 1. The van der Waals surface area contributed by atoms with Crippen LogP contribution < -0.4 is 0 Å². The standard InChI is InChI=1S/C13H11N3O2S/c17-16-12-7-2-1-6-11(12)15-13(16)19(18)9-10-5-3-4-8-14-10/h1-8,17H,9H2. The summed E-state index contributed by atoms with van der Waals surface area (Å²) in [4.78, 5) is 8.31. The molecule has 0 aliphatic heterocycles. The second-order valence-corrected chi connectivity index (χ2v) is 5.35. The van der Waals surface area contributed by atoms with E-state index in [-0.39, 0.29) is 10.9 Å². The second kappa shape index (κ2) is 4.81. The maximum atomic E-state index is 12.2. The third-order valence-electron chi connectivity index (χ3n) is 2.72. The highest BCUT2D eigenvalue weighted by Crippen LogP contribution is 2.17. The van der Waals surface area contributed by atoms with Crippen LogP contribution in [0.2, 0.25) is 0 Å². The van der Waals surface area contributed by atoms with Gasteiger partial charge < -0.3 is 5.21 Å². The molecule has 3 rings (SSSR count). The molecule has 0 aliphatic carbocycles. The lowest BCUT2D eigenvalue weighted by atomic mass is 10.3. The molecule has 2 aromatic heterocycles. The molecule has 0 spiro atoms. The first kappa shape index (κ1) is 11.9. The summed E-state index contributed by atoms with van der Waals surface area (Å²) >= 11 is 0. The molecule has 96 valence electrons. The second-order valence-electron chi connectivity index (χ2n) is 4.01. The number of aromatic nitrogens is 3. The van der Waals surface area contributed by atoms with Crippen molar-refractivity contribution in [3.63, 3.8) is 0 Å². The molecular weight excluding hydrogens is 262 g/mol. The van der Waals surface area contributed by atoms with Crippen LogP contribution in [0.3, 0.4) is 0 Å². The summed E-state index contributed by atoms with van der Waals surface area (Å²) in [6.45, 7) is 0. The Bertz CT molecular complexity index is 740. The van der Waals surface area contributed by atoms with E-state index in [1.54, 1.807) is 36.5 Å². The number of benzene rings is 1. The van der Waals surface area contributed by atoms with Crippen molar-refractivity contribution in [1.82, 2.24) is 14.7 Å². The largest absolute Gasteiger partial charge is 0.426 e. The van der Waals surface area contributed by atoms with Gasteiger partial charge in [-0.1, -0.05) is 18.2 Å². The number of imidazole rings is 1. The predicted octanol–water partition coefficient (Wildman–Crippen LogP) is 1.98. The first-order valence-electron chi connectivity index (χ1n) is 5.71. The molecule has 1 aromatic carbocycles. The van der Waals surface area contributed by atoms with Gasteiger partial charge in [0.1, 0.15) is 5.52 Å². The van der Waals surface area contributed by atoms with Crippen molar-refractivity contribution >= 4 is 21.8 Å². The Kier molecular flexibility index (Phi) is 3.00. The van der Waals surface area contributed by atoms with Crippen molar-refractivity contribution in [3.05, 3.63) is 54.4 Å². The van der Waals surface area contributed by atoms with Gasteiger partial charge in [0.2, 0.25) is 5.16 Å². The first-order chi connectivity index (χ1) is 9.25. The minimum atomic E-state index is -1.44. The predicted molar refractivity (Wildman–Crippen MR) is 71.3 cm³/mol. The third kappa shape index (κ3) is 2.22. The molecule has 0 fully saturated rings. The molecule has 0 saturated carbocycles. The lowest BCUT2D eigenvalue weighted by Crippen LogP contribution is -2.05. The van der Waals surface area contributed by atoms with Crippen LogP contribution in [0.15, 0.2) is 53.8 Å². The van der Waals surface area contributed by atoms with Crippen LogP contribution >= 0.6 is 0 Å². The van der Waals surface area contributed by atoms with Gasteiger partial charge in [0.15, 0.2) is 0 Å². The van der Waals surface area contributed by atoms with Crippen LogP contribution in [0, 0.1) is 0 Å². The van der Waals surface area contributed by atoms with E-state index < -0.39 is 10.8 Å². The summed E-state index contributed by atoms with van der Waals surface area (Å²) in [5.41, 5.74) is 1.87. The maximum absolute atomic E-state index is 12.2. The fourth-order valence-electron chi connectivity index (χ4n) is 1.82. The van der Waals surface area contributed by atoms with E-state index in [1.807, 2.05) is 12.1 Å². The number of para-hydroxylation sites is 2. The van der Waals surface area contributed by atoms with Gasteiger partial charge in [-0.15, -0.1) is 0 Å². The van der Waals surface area contributed by atoms with Crippen molar-refractivity contribution in [2.75, 3.05) is 0 Å². The lowest BCUT2D eigenvalue weighted by Gasteiger charge is -2.01. The number of hydrogen-bond donors (Lipinski definition) is 1. The van der Waals surface area contributed by atoms with Gasteiger partial charge in [-0.2, -0.15) is 4.73 Å². The number of hydrogen-bond acceptors (Lipinski definition) is 4. The summed E-state index contributed by atoms with van der Waals surface area (Å²) in [5.74, 6) is 0.227. The van der Waals surface area contributed by atoms with Crippen LogP contribution in [0.1, 0.15) is 5.69 Å². The van der Waals surface area contributed by atoms with Crippen molar-refractivity contribution < 1.29 is 9.42 Å². The number of nitrogens with zero attached hydrogens (tertiary/aromatic N) is 3. The van der Waals surface area contributed by atoms with E-state index in [4.69, 9.17) is 0 Å². The SMILES string of the molecule is O=S(Cc1ccccn1)c1nc2ccccc2n1O. The molecule has 19 heavy (non-hydrogen) atoms. The molecule has 0 aliphatic rings. The molecule has 0 radical (unpaired) electrons. The van der Waals surface area contributed by atoms with E-state index in [0.29, 0.717) is 16.7 Å². The minimum absolute atomic E-state index is 0.145. The van der Waals surface area contributed by atoms with Gasteiger partial charge in [0, 0.05) is 6.20 Å². The van der Waals surface area contributed by atoms with Gasteiger partial charge in [-0.25, -0.2) is 4.98 Å². The molecule has 6 heteroatoms. The minimum Gasteiger partial charge on any atom is -0.426 e. The quantitative estimate of drug-likeness (QED) is 0.741. The normalized spacial score (nSPS) is 12.6. The van der Waals surface area contributed by atoms with Gasteiger partial charge >= 0.3 is 0 Å². The molecule has 5 nitrogen and oxygen atoms in total. The van der Waals surface area contributed by atoms with E-state index in [0.717, 1.165) is 4.73 Å². The number of fused-ring (bicyclic) bond motifs is 1. The topological polar surface area (TPSA) is 68.0 Å². The van der Waals surface area contributed by atoms with Crippen molar-refractivity contribution in [2.24, 2.45) is 0 Å². The highest BCUT2D eigenvalue weighted by atomic mass is 32.2. The summed E-state index contributed by atoms with van der Waals surface area (Å²) < 4.78 is 13.1. The highest BCUT2D eigenvalue weighted by Gasteiger charge is 2.16. The van der Waals surface area contributed by atoms with Crippen LogP contribution in [0.5, 0.6) is 0 Å². The van der Waals surface area contributed by atoms with Crippen molar-refractivity contribution in [3.8, 4) is 0 Å². The van der Waals surface area contributed by atoms with Gasteiger partial charge in [0.25, 0.3) is 0 Å². The molecule has 1 N–H and O–H groups in total. The zero-order chi connectivity index (χ0) is 13.2. The van der Waals surface area contributed by atoms with Gasteiger partial charge in [-0.3, -0.25) is 9.19 Å². The highest BCUT2D eigenvalue weighted by molar-refractivity contribution is 7.84. The van der Waals surface area contributed by atoms with Crippen LogP contribution in [0.4, 0.5) is 0 Å². The molecule has 0 amide bonds. The zero-order valence-corrected chi connectivity index (χ0v) is 10.7. The van der Waals surface area contributed by atoms with Gasteiger partial charge in [-0.05, 0) is 24.3 Å². The summed E-state index contributed by atoms with van der Waals surface area (Å²) in [7, 11) is -1.44. The van der Waals surface area contributed by atoms with E-state index >= 15 is 0 Å². The lowest BCUT2D eigenvalue weighted by molar-refractivity contribution is 0.171. The molecule has 3 aromatic rings. The third-order valence-corrected chi connectivity index (χ3v) is 3.95. The fourth-order valence-corrected chi connectivity index (χ4v) is 2.88. The van der Waals surface area contributed by atoms with Crippen LogP contribution in [-0.2, 0) is 16.6 Å². The summed E-state index contributed by atoms with van der Waals surface area (Å²) in [6.07, 6.45) is 1.65. The average Bonchev–Trinajstić information content (AvgIpc) is 2.78. The number of rotatable bonds is 3. The van der Waals surface area contributed by atoms with Crippen LogP contribution in [0.25, 0.3) is 11.0 Å². The molecule has 0 saturated heterocycles. The van der Waals surface area contributed by atoms with Crippen LogP contribution in [-0.4, -0.2) is 24.1 Å². The Balaban J connectivity index is 1.96. The monoisotopic (exact) mass is 273 g/mol. The Hall–Kier alpha value is -2.21. The molecular formula is C13H11N3O2S. The zero-order valence-electron chi connectivity index (χ0n) is 9.93. The first-order valence-corrected chi connectivity index (χ1v) is 7.02. The molecule has 0 bridgehead atoms. The van der Waals surface area contributed by atoms with E-state index in [1.165, 1.54) is 0 Å². The van der Waals surface area contributed by atoms with E-state index in [9.17, 15) is 9.42 Å². The smallest absolute Gasteiger partial charge is 0.234 e. The van der Waals surface area contributed by atoms with E-state index in [2.05, 4.69) is 9.97 Å². The summed E-state index contributed by atoms with van der Waals surface area (Å²) in [6, 6.07) is 12.5. The maximum Gasteiger partial charge on any atom is 0.234 e. The van der Waals surface area contributed by atoms with Gasteiger partial charge in [0.05, 0.1) is 27.8 Å². The Labute approximate surface area is 112 Å².